The van der Waals surface area contributed by atoms with Crippen LogP contribution in [0.1, 0.15) is 30.7 Å². The van der Waals surface area contributed by atoms with Crippen molar-refractivity contribution in [3.63, 3.8) is 0 Å². The SMILES string of the molecule is CC1CC1C(=O)NCCC(=O)NC(C(=O)O)c1cccs1. The summed E-state index contributed by atoms with van der Waals surface area (Å²) in [4.78, 5) is 35.1. The van der Waals surface area contributed by atoms with E-state index in [1.807, 2.05) is 6.92 Å². The molecule has 1 heterocycles. The van der Waals surface area contributed by atoms with Gasteiger partial charge in [0.15, 0.2) is 6.04 Å². The predicted molar refractivity (Wildman–Crippen MR) is 77.7 cm³/mol. The largest absolute Gasteiger partial charge is 0.479 e. The average Bonchev–Trinajstić information content (AvgIpc) is 2.94. The minimum absolute atomic E-state index is 0.0247. The standard InChI is InChI=1S/C14H18N2O4S/c1-8-7-9(8)13(18)15-5-4-11(17)16-12(14(19)20)10-3-2-6-21-10/h2-3,6,8-9,12H,4-5,7H2,1H3,(H,15,18)(H,16,17)(H,19,20). The molecule has 1 aromatic heterocycles. The zero-order valence-corrected chi connectivity index (χ0v) is 12.5. The summed E-state index contributed by atoms with van der Waals surface area (Å²) < 4.78 is 0. The first-order valence-corrected chi connectivity index (χ1v) is 7.70. The van der Waals surface area contributed by atoms with Crippen molar-refractivity contribution in [3.8, 4) is 0 Å². The molecule has 0 bridgehead atoms. The fourth-order valence-corrected chi connectivity index (χ4v) is 2.83. The van der Waals surface area contributed by atoms with Gasteiger partial charge >= 0.3 is 5.97 Å². The van der Waals surface area contributed by atoms with E-state index in [9.17, 15) is 14.4 Å². The van der Waals surface area contributed by atoms with Gasteiger partial charge in [0.05, 0.1) is 0 Å². The Balaban J connectivity index is 1.75. The Bertz CT molecular complexity index is 529. The first kappa shape index (κ1) is 15.5. The fourth-order valence-electron chi connectivity index (χ4n) is 2.06. The van der Waals surface area contributed by atoms with Crippen molar-refractivity contribution >= 4 is 29.1 Å². The Morgan fingerprint density at radius 1 is 1.48 bits per heavy atom. The van der Waals surface area contributed by atoms with E-state index in [-0.39, 0.29) is 30.7 Å². The van der Waals surface area contributed by atoms with E-state index in [2.05, 4.69) is 10.6 Å². The van der Waals surface area contributed by atoms with Crippen LogP contribution in [0.3, 0.4) is 0 Å². The molecule has 1 aliphatic carbocycles. The van der Waals surface area contributed by atoms with Crippen LogP contribution in [0, 0.1) is 11.8 Å². The summed E-state index contributed by atoms with van der Waals surface area (Å²) in [7, 11) is 0. The topological polar surface area (TPSA) is 95.5 Å². The van der Waals surface area contributed by atoms with Crippen LogP contribution < -0.4 is 10.6 Å². The summed E-state index contributed by atoms with van der Waals surface area (Å²) in [6.45, 7) is 2.24. The molecule has 3 unspecified atom stereocenters. The number of carbonyl (C=O) groups is 3. The molecule has 3 atom stereocenters. The van der Waals surface area contributed by atoms with Crippen molar-refractivity contribution in [1.29, 1.82) is 0 Å². The molecule has 0 spiro atoms. The molecule has 7 heteroatoms. The van der Waals surface area contributed by atoms with Crippen molar-refractivity contribution in [1.82, 2.24) is 10.6 Å². The number of carboxylic acids is 1. The number of amides is 2. The van der Waals surface area contributed by atoms with Gasteiger partial charge in [-0.3, -0.25) is 9.59 Å². The lowest BCUT2D eigenvalue weighted by Crippen LogP contribution is -2.36. The number of nitrogens with one attached hydrogen (secondary N) is 2. The molecule has 0 radical (unpaired) electrons. The van der Waals surface area contributed by atoms with Gasteiger partial charge in [-0.1, -0.05) is 13.0 Å². The van der Waals surface area contributed by atoms with E-state index in [0.29, 0.717) is 10.8 Å². The third-order valence-electron chi connectivity index (χ3n) is 3.48. The lowest BCUT2D eigenvalue weighted by atomic mass is 10.2. The summed E-state index contributed by atoms with van der Waals surface area (Å²) in [6.07, 6.45) is 0.972. The van der Waals surface area contributed by atoms with Gasteiger partial charge in [-0.05, 0) is 23.8 Å². The van der Waals surface area contributed by atoms with E-state index in [1.54, 1.807) is 17.5 Å². The second-order valence-corrected chi connectivity index (χ2v) is 6.19. The third-order valence-corrected chi connectivity index (χ3v) is 4.41. The monoisotopic (exact) mass is 310 g/mol. The Morgan fingerprint density at radius 3 is 2.71 bits per heavy atom. The molecule has 1 aliphatic rings. The van der Waals surface area contributed by atoms with E-state index in [1.165, 1.54) is 11.3 Å². The molecule has 2 rings (SSSR count). The fraction of sp³-hybridized carbons (Fsp3) is 0.500. The average molecular weight is 310 g/mol. The van der Waals surface area contributed by atoms with Crippen LogP contribution in [-0.4, -0.2) is 29.4 Å². The number of rotatable bonds is 7. The van der Waals surface area contributed by atoms with E-state index >= 15 is 0 Å². The Hall–Kier alpha value is -1.89. The first-order valence-electron chi connectivity index (χ1n) is 6.82. The Labute approximate surface area is 126 Å². The molecule has 1 fully saturated rings. The molecule has 2 amide bonds. The van der Waals surface area contributed by atoms with Crippen LogP contribution in [0.25, 0.3) is 0 Å². The summed E-state index contributed by atoms with van der Waals surface area (Å²) in [5.41, 5.74) is 0. The van der Waals surface area contributed by atoms with Crippen molar-refractivity contribution in [2.45, 2.75) is 25.8 Å². The van der Waals surface area contributed by atoms with Crippen molar-refractivity contribution in [2.75, 3.05) is 6.54 Å². The molecule has 1 saturated carbocycles. The number of aliphatic carboxylic acids is 1. The summed E-state index contributed by atoms with van der Waals surface area (Å²) in [5.74, 6) is -1.01. The molecule has 6 nitrogen and oxygen atoms in total. The number of hydrogen-bond donors (Lipinski definition) is 3. The smallest absolute Gasteiger partial charge is 0.331 e. The second kappa shape index (κ2) is 6.71. The minimum atomic E-state index is -1.10. The maximum absolute atomic E-state index is 11.8. The van der Waals surface area contributed by atoms with Crippen LogP contribution >= 0.6 is 11.3 Å². The highest BCUT2D eigenvalue weighted by Crippen LogP contribution is 2.37. The summed E-state index contributed by atoms with van der Waals surface area (Å²) in [6, 6.07) is 2.37. The minimum Gasteiger partial charge on any atom is -0.479 e. The van der Waals surface area contributed by atoms with Crippen LogP contribution in [0.4, 0.5) is 0 Å². The number of carbonyl (C=O) groups excluding carboxylic acids is 2. The third kappa shape index (κ3) is 4.29. The van der Waals surface area contributed by atoms with Gasteiger partial charge < -0.3 is 15.7 Å². The number of thiophene rings is 1. The van der Waals surface area contributed by atoms with E-state index in [0.717, 1.165) is 6.42 Å². The molecule has 21 heavy (non-hydrogen) atoms. The van der Waals surface area contributed by atoms with E-state index < -0.39 is 12.0 Å². The zero-order valence-electron chi connectivity index (χ0n) is 11.7. The molecular formula is C14H18N2O4S. The molecule has 114 valence electrons. The van der Waals surface area contributed by atoms with Crippen LogP contribution in [0.15, 0.2) is 17.5 Å². The lowest BCUT2D eigenvalue weighted by Gasteiger charge is -2.13. The molecule has 3 N–H and O–H groups in total. The lowest BCUT2D eigenvalue weighted by molar-refractivity contribution is -0.142. The highest BCUT2D eigenvalue weighted by atomic mass is 32.1. The Kier molecular flexibility index (Phi) is 4.95. The highest BCUT2D eigenvalue weighted by molar-refractivity contribution is 7.10. The van der Waals surface area contributed by atoms with Crippen molar-refractivity contribution in [2.24, 2.45) is 11.8 Å². The quantitative estimate of drug-likeness (QED) is 0.704. The van der Waals surface area contributed by atoms with Crippen molar-refractivity contribution < 1.29 is 19.5 Å². The summed E-state index contributed by atoms with van der Waals surface area (Å²) in [5, 5.41) is 16.1. The van der Waals surface area contributed by atoms with E-state index in [4.69, 9.17) is 5.11 Å². The van der Waals surface area contributed by atoms with Gasteiger partial charge in [0, 0.05) is 23.8 Å². The van der Waals surface area contributed by atoms with Crippen LogP contribution in [0.5, 0.6) is 0 Å². The van der Waals surface area contributed by atoms with Gasteiger partial charge in [0.1, 0.15) is 0 Å². The maximum Gasteiger partial charge on any atom is 0.331 e. The van der Waals surface area contributed by atoms with Gasteiger partial charge in [-0.2, -0.15) is 0 Å². The Morgan fingerprint density at radius 2 is 2.19 bits per heavy atom. The second-order valence-electron chi connectivity index (χ2n) is 5.21. The predicted octanol–water partition coefficient (Wildman–Crippen LogP) is 1.15. The normalized spacial score (nSPS) is 21.4. The zero-order chi connectivity index (χ0) is 15.4. The van der Waals surface area contributed by atoms with Crippen molar-refractivity contribution in [3.05, 3.63) is 22.4 Å². The molecule has 0 aromatic carbocycles. The molecule has 0 aliphatic heterocycles. The maximum atomic E-state index is 11.8. The molecule has 0 saturated heterocycles. The van der Waals surface area contributed by atoms with Gasteiger partial charge in [-0.25, -0.2) is 4.79 Å². The number of carboxylic acid groups (broad SMARTS) is 1. The highest BCUT2D eigenvalue weighted by Gasteiger charge is 2.38. The van der Waals surface area contributed by atoms with Crippen LogP contribution in [0.2, 0.25) is 0 Å². The van der Waals surface area contributed by atoms with Gasteiger partial charge in [-0.15, -0.1) is 11.3 Å². The first-order chi connectivity index (χ1) is 9.99. The molecular weight excluding hydrogens is 292 g/mol. The number of hydrogen-bond acceptors (Lipinski definition) is 4. The van der Waals surface area contributed by atoms with Gasteiger partial charge in [0.2, 0.25) is 11.8 Å². The van der Waals surface area contributed by atoms with Gasteiger partial charge in [0.25, 0.3) is 0 Å². The summed E-state index contributed by atoms with van der Waals surface area (Å²) >= 11 is 1.28. The van der Waals surface area contributed by atoms with Crippen LogP contribution in [-0.2, 0) is 14.4 Å². The molecule has 1 aromatic rings.